The van der Waals surface area contributed by atoms with Gasteiger partial charge in [-0.1, -0.05) is 32.0 Å². The molecule has 1 aliphatic rings. The van der Waals surface area contributed by atoms with Crippen LogP contribution in [0, 0.1) is 11.8 Å². The quantitative estimate of drug-likeness (QED) is 0.792. The Morgan fingerprint density at radius 1 is 1.26 bits per heavy atom. The predicted molar refractivity (Wildman–Crippen MR) is 75.3 cm³/mol. The molecule has 1 aromatic heterocycles. The van der Waals surface area contributed by atoms with Gasteiger partial charge in [0, 0.05) is 18.5 Å². The average Bonchev–Trinajstić information content (AvgIpc) is 2.94. The number of ketones is 1. The monoisotopic (exact) mass is 257 g/mol. The van der Waals surface area contributed by atoms with Crippen LogP contribution < -0.4 is 0 Å². The van der Waals surface area contributed by atoms with Crippen LogP contribution in [0.3, 0.4) is 0 Å². The number of hydrogen-bond donors (Lipinski definition) is 0. The molecule has 0 aliphatic carbocycles. The third kappa shape index (κ3) is 2.30. The minimum Gasteiger partial charge on any atom is -0.464 e. The van der Waals surface area contributed by atoms with Gasteiger partial charge in [0.2, 0.25) is 0 Å². The summed E-state index contributed by atoms with van der Waals surface area (Å²) in [6.07, 6.45) is 1.59. The largest absolute Gasteiger partial charge is 0.464 e. The molecule has 2 heterocycles. The van der Waals surface area contributed by atoms with Crippen LogP contribution >= 0.6 is 0 Å². The Bertz CT molecular complexity index is 592. The standard InChI is InChI=1S/C16H19NO2/c1-11-7-17(8-12(11)2)9-15(18)14-10-19-16-6-4-3-5-13(14)16/h3-6,10-12H,7-9H2,1-2H3. The van der Waals surface area contributed by atoms with E-state index in [-0.39, 0.29) is 5.78 Å². The number of rotatable bonds is 3. The summed E-state index contributed by atoms with van der Waals surface area (Å²) in [4.78, 5) is 14.6. The minimum atomic E-state index is 0.159. The second-order valence-electron chi connectivity index (χ2n) is 5.72. The van der Waals surface area contributed by atoms with Gasteiger partial charge in [0.05, 0.1) is 12.1 Å². The van der Waals surface area contributed by atoms with Gasteiger partial charge >= 0.3 is 0 Å². The fourth-order valence-electron chi connectivity index (χ4n) is 2.86. The van der Waals surface area contributed by atoms with Gasteiger partial charge in [-0.25, -0.2) is 0 Å². The van der Waals surface area contributed by atoms with Gasteiger partial charge in [0.25, 0.3) is 0 Å². The number of para-hydroxylation sites is 1. The zero-order chi connectivity index (χ0) is 13.4. The van der Waals surface area contributed by atoms with Crippen LogP contribution in [0.5, 0.6) is 0 Å². The Kier molecular flexibility index (Phi) is 3.15. The van der Waals surface area contributed by atoms with Crippen LogP contribution in [0.25, 0.3) is 11.0 Å². The molecule has 0 radical (unpaired) electrons. The van der Waals surface area contributed by atoms with Crippen LogP contribution in [0.1, 0.15) is 24.2 Å². The first kappa shape index (κ1) is 12.4. The lowest BCUT2D eigenvalue weighted by Gasteiger charge is -2.13. The molecule has 0 bridgehead atoms. The van der Waals surface area contributed by atoms with E-state index in [0.717, 1.165) is 24.1 Å². The first-order valence-corrected chi connectivity index (χ1v) is 6.87. The highest BCUT2D eigenvalue weighted by molar-refractivity contribution is 6.08. The van der Waals surface area contributed by atoms with Crippen molar-refractivity contribution < 1.29 is 9.21 Å². The van der Waals surface area contributed by atoms with Gasteiger partial charge < -0.3 is 4.42 Å². The lowest BCUT2D eigenvalue weighted by Crippen LogP contribution is -2.27. The molecule has 1 saturated heterocycles. The van der Waals surface area contributed by atoms with E-state index >= 15 is 0 Å². The number of carbonyl (C=O) groups is 1. The zero-order valence-corrected chi connectivity index (χ0v) is 11.4. The third-order valence-corrected chi connectivity index (χ3v) is 4.21. The highest BCUT2D eigenvalue weighted by Gasteiger charge is 2.28. The number of carbonyl (C=O) groups excluding carboxylic acids is 1. The van der Waals surface area contributed by atoms with E-state index in [9.17, 15) is 4.79 Å². The molecule has 1 aromatic carbocycles. The van der Waals surface area contributed by atoms with E-state index in [0.29, 0.717) is 23.9 Å². The van der Waals surface area contributed by atoms with Gasteiger partial charge in [-0.05, 0) is 17.9 Å². The van der Waals surface area contributed by atoms with Crippen molar-refractivity contribution in [3.05, 3.63) is 36.1 Å². The van der Waals surface area contributed by atoms with Gasteiger partial charge in [-0.2, -0.15) is 0 Å². The number of furan rings is 1. The predicted octanol–water partition coefficient (Wildman–Crippen LogP) is 3.20. The zero-order valence-electron chi connectivity index (χ0n) is 11.4. The minimum absolute atomic E-state index is 0.159. The number of nitrogens with zero attached hydrogens (tertiary/aromatic N) is 1. The van der Waals surface area contributed by atoms with E-state index in [1.807, 2.05) is 24.3 Å². The summed E-state index contributed by atoms with van der Waals surface area (Å²) in [5.41, 5.74) is 1.50. The van der Waals surface area contributed by atoms with E-state index in [1.165, 1.54) is 0 Å². The van der Waals surface area contributed by atoms with Crippen LogP contribution in [0.4, 0.5) is 0 Å². The van der Waals surface area contributed by atoms with E-state index < -0.39 is 0 Å². The van der Waals surface area contributed by atoms with Crippen LogP contribution in [-0.2, 0) is 0 Å². The molecule has 19 heavy (non-hydrogen) atoms. The first-order valence-electron chi connectivity index (χ1n) is 6.87. The molecule has 2 unspecified atom stereocenters. The number of Topliss-reactive ketones (excluding diaryl/α,β-unsaturated/α-hetero) is 1. The van der Waals surface area contributed by atoms with Crippen molar-refractivity contribution in [3.63, 3.8) is 0 Å². The molecule has 0 N–H and O–H groups in total. The van der Waals surface area contributed by atoms with Gasteiger partial charge in [0.1, 0.15) is 11.8 Å². The Morgan fingerprint density at radius 2 is 1.95 bits per heavy atom. The summed E-state index contributed by atoms with van der Waals surface area (Å²) in [6.45, 7) is 7.04. The van der Waals surface area contributed by atoms with Gasteiger partial charge in [-0.3, -0.25) is 9.69 Å². The van der Waals surface area contributed by atoms with Crippen molar-refractivity contribution in [1.82, 2.24) is 4.90 Å². The maximum Gasteiger partial charge on any atom is 0.180 e. The Hall–Kier alpha value is -1.61. The summed E-state index contributed by atoms with van der Waals surface area (Å²) in [5, 5.41) is 0.924. The molecule has 3 heteroatoms. The van der Waals surface area contributed by atoms with Gasteiger partial charge in [-0.15, -0.1) is 0 Å². The molecule has 1 fully saturated rings. The summed E-state index contributed by atoms with van der Waals surface area (Å²) >= 11 is 0. The Balaban J connectivity index is 1.78. The second-order valence-corrected chi connectivity index (χ2v) is 5.72. The molecular formula is C16H19NO2. The summed E-state index contributed by atoms with van der Waals surface area (Å²) < 4.78 is 5.44. The summed E-state index contributed by atoms with van der Waals surface area (Å²) in [5.74, 6) is 1.51. The van der Waals surface area contributed by atoms with Crippen molar-refractivity contribution in [1.29, 1.82) is 0 Å². The summed E-state index contributed by atoms with van der Waals surface area (Å²) in [6, 6.07) is 7.70. The molecule has 1 aliphatic heterocycles. The molecule has 2 atom stereocenters. The Labute approximate surface area is 113 Å². The van der Waals surface area contributed by atoms with E-state index in [2.05, 4.69) is 18.7 Å². The highest BCUT2D eigenvalue weighted by atomic mass is 16.3. The molecule has 3 rings (SSSR count). The first-order chi connectivity index (χ1) is 9.15. The molecular weight excluding hydrogens is 238 g/mol. The molecule has 0 saturated carbocycles. The van der Waals surface area contributed by atoms with Crippen molar-refractivity contribution in [3.8, 4) is 0 Å². The maximum atomic E-state index is 12.4. The van der Waals surface area contributed by atoms with Crippen molar-refractivity contribution in [2.45, 2.75) is 13.8 Å². The summed E-state index contributed by atoms with van der Waals surface area (Å²) in [7, 11) is 0. The topological polar surface area (TPSA) is 33.5 Å². The SMILES string of the molecule is CC1CN(CC(=O)c2coc3ccccc23)CC1C. The lowest BCUT2D eigenvalue weighted by molar-refractivity contribution is 0.0943. The fourth-order valence-corrected chi connectivity index (χ4v) is 2.86. The van der Waals surface area contributed by atoms with Crippen LogP contribution in [-0.4, -0.2) is 30.3 Å². The smallest absolute Gasteiger partial charge is 0.180 e. The second kappa shape index (κ2) is 4.82. The van der Waals surface area contributed by atoms with E-state index in [4.69, 9.17) is 4.42 Å². The number of benzene rings is 1. The normalized spacial score (nSPS) is 24.1. The number of fused-ring (bicyclic) bond motifs is 1. The third-order valence-electron chi connectivity index (χ3n) is 4.21. The van der Waals surface area contributed by atoms with Crippen molar-refractivity contribution in [2.75, 3.05) is 19.6 Å². The molecule has 2 aromatic rings. The molecule has 0 amide bonds. The van der Waals surface area contributed by atoms with Crippen molar-refractivity contribution in [2.24, 2.45) is 11.8 Å². The lowest BCUT2D eigenvalue weighted by atomic mass is 10.0. The van der Waals surface area contributed by atoms with Crippen LogP contribution in [0.2, 0.25) is 0 Å². The van der Waals surface area contributed by atoms with Crippen molar-refractivity contribution >= 4 is 16.8 Å². The van der Waals surface area contributed by atoms with E-state index in [1.54, 1.807) is 6.26 Å². The Morgan fingerprint density at radius 3 is 2.68 bits per heavy atom. The molecule has 3 nitrogen and oxygen atoms in total. The van der Waals surface area contributed by atoms with Crippen LogP contribution in [0.15, 0.2) is 34.9 Å². The molecule has 100 valence electrons. The number of likely N-dealkylation sites (tertiary alicyclic amines) is 1. The number of hydrogen-bond acceptors (Lipinski definition) is 3. The molecule has 0 spiro atoms. The fraction of sp³-hybridized carbons (Fsp3) is 0.438. The highest BCUT2D eigenvalue weighted by Crippen LogP contribution is 2.24. The van der Waals surface area contributed by atoms with Gasteiger partial charge in [0.15, 0.2) is 5.78 Å². The average molecular weight is 257 g/mol. The maximum absolute atomic E-state index is 12.4.